The van der Waals surface area contributed by atoms with Crippen molar-refractivity contribution in [1.29, 1.82) is 0 Å². The first-order valence-electron chi connectivity index (χ1n) is 10.9. The summed E-state index contributed by atoms with van der Waals surface area (Å²) in [6.45, 7) is 1.71. The third-order valence-corrected chi connectivity index (χ3v) is 6.44. The Bertz CT molecular complexity index is 1010. The normalized spacial score (nSPS) is 20.9. The van der Waals surface area contributed by atoms with Crippen molar-refractivity contribution in [3.05, 3.63) is 48.9 Å². The summed E-state index contributed by atoms with van der Waals surface area (Å²) in [6, 6.07) is 12.2. The molecule has 1 aliphatic carbocycles. The van der Waals surface area contributed by atoms with Crippen molar-refractivity contribution in [1.82, 2.24) is 20.3 Å². The predicted molar refractivity (Wildman–Crippen MR) is 119 cm³/mol. The van der Waals surface area contributed by atoms with Gasteiger partial charge in [-0.15, -0.1) is 0 Å². The van der Waals surface area contributed by atoms with Crippen molar-refractivity contribution < 1.29 is 4.79 Å². The number of fused-ring (bicyclic) bond motifs is 1. The fourth-order valence-electron chi connectivity index (χ4n) is 4.91. The minimum absolute atomic E-state index is 0.116. The lowest BCUT2D eigenvalue weighted by molar-refractivity contribution is -0.126. The molecule has 2 aliphatic rings. The molecule has 5 rings (SSSR count). The summed E-state index contributed by atoms with van der Waals surface area (Å²) in [6.07, 6.45) is 9.43. The average molecular weight is 405 g/mol. The number of carbonyl (C=O) groups is 1. The molecule has 3 heterocycles. The van der Waals surface area contributed by atoms with Gasteiger partial charge < -0.3 is 20.5 Å². The van der Waals surface area contributed by atoms with Crippen molar-refractivity contribution in [2.45, 2.75) is 50.1 Å². The summed E-state index contributed by atoms with van der Waals surface area (Å²) < 4.78 is 0. The third-order valence-electron chi connectivity index (χ3n) is 6.44. The van der Waals surface area contributed by atoms with Crippen LogP contribution in [0.25, 0.3) is 11.0 Å². The molecule has 1 saturated carbocycles. The topological polar surface area (TPSA) is 85.9 Å². The molecule has 3 N–H and O–H groups in total. The van der Waals surface area contributed by atoms with Gasteiger partial charge in [-0.25, -0.2) is 9.97 Å². The minimum atomic E-state index is -0.507. The van der Waals surface area contributed by atoms with Crippen LogP contribution in [0.5, 0.6) is 0 Å². The number of rotatable bonds is 5. The van der Waals surface area contributed by atoms with Crippen molar-refractivity contribution in [2.75, 3.05) is 23.3 Å². The van der Waals surface area contributed by atoms with E-state index in [1.807, 2.05) is 42.6 Å². The van der Waals surface area contributed by atoms with Gasteiger partial charge in [-0.1, -0.05) is 31.0 Å². The molecule has 1 amide bonds. The van der Waals surface area contributed by atoms with Crippen LogP contribution in [-0.2, 0) is 4.79 Å². The molecular weight excluding hydrogens is 376 g/mol. The van der Waals surface area contributed by atoms with Crippen LogP contribution in [0, 0.1) is 0 Å². The molecule has 30 heavy (non-hydrogen) atoms. The van der Waals surface area contributed by atoms with Crippen LogP contribution in [0.2, 0.25) is 0 Å². The van der Waals surface area contributed by atoms with E-state index in [1.54, 1.807) is 6.33 Å². The first-order valence-corrected chi connectivity index (χ1v) is 10.9. The van der Waals surface area contributed by atoms with Gasteiger partial charge in [0, 0.05) is 31.0 Å². The number of carbonyl (C=O) groups excluding carboxylic acids is 1. The lowest BCUT2D eigenvalue weighted by Gasteiger charge is -2.37. The first-order chi connectivity index (χ1) is 14.7. The molecule has 156 valence electrons. The summed E-state index contributed by atoms with van der Waals surface area (Å²) in [5.74, 6) is 1.07. The second kappa shape index (κ2) is 7.97. The molecule has 1 atom stereocenters. The number of nitrogens with one attached hydrogen (secondary N) is 3. The van der Waals surface area contributed by atoms with Crippen LogP contribution in [0.1, 0.15) is 38.5 Å². The number of hydrogen-bond acceptors (Lipinski definition) is 5. The van der Waals surface area contributed by atoms with Gasteiger partial charge >= 0.3 is 0 Å². The highest BCUT2D eigenvalue weighted by molar-refractivity contribution is 5.90. The predicted octanol–water partition coefficient (Wildman–Crippen LogP) is 3.47. The van der Waals surface area contributed by atoms with E-state index < -0.39 is 5.54 Å². The number of nitrogens with zero attached hydrogens (tertiary/aromatic N) is 3. The number of amides is 1. The zero-order valence-corrected chi connectivity index (χ0v) is 17.1. The van der Waals surface area contributed by atoms with Crippen molar-refractivity contribution >= 4 is 28.4 Å². The molecule has 1 saturated heterocycles. The quantitative estimate of drug-likeness (QED) is 0.606. The SMILES string of the molecule is O=C(N[C@@H]1CCCN(c2ncnc3[nH]ccc23)C1)C1(Nc2ccccc2)CCCC1. The average Bonchev–Trinajstić information content (AvgIpc) is 3.45. The second-order valence-electron chi connectivity index (χ2n) is 8.48. The number of H-pyrrole nitrogens is 1. The monoisotopic (exact) mass is 404 g/mol. The van der Waals surface area contributed by atoms with Gasteiger partial charge in [0.15, 0.2) is 0 Å². The van der Waals surface area contributed by atoms with Gasteiger partial charge in [0.1, 0.15) is 23.3 Å². The summed E-state index contributed by atoms with van der Waals surface area (Å²) >= 11 is 0. The van der Waals surface area contributed by atoms with E-state index in [-0.39, 0.29) is 11.9 Å². The standard InChI is InChI=1S/C23H28N6O/c30-22(23(11-4-5-12-23)28-17-7-2-1-3-8-17)27-18-9-6-14-29(15-18)21-19-10-13-24-20(19)25-16-26-21/h1-3,7-8,10,13,16,18,28H,4-6,9,11-12,14-15H2,(H,27,30)(H,24,25,26)/t18-/m1/s1. The molecule has 7 heteroatoms. The van der Waals surface area contributed by atoms with E-state index >= 15 is 0 Å². The van der Waals surface area contributed by atoms with E-state index in [0.717, 1.165) is 74.2 Å². The van der Waals surface area contributed by atoms with E-state index in [4.69, 9.17) is 0 Å². The fourth-order valence-corrected chi connectivity index (χ4v) is 4.91. The number of anilines is 2. The largest absolute Gasteiger partial charge is 0.371 e. The number of hydrogen-bond donors (Lipinski definition) is 3. The van der Waals surface area contributed by atoms with E-state index in [1.165, 1.54) is 0 Å². The smallest absolute Gasteiger partial charge is 0.245 e. The van der Waals surface area contributed by atoms with Crippen molar-refractivity contribution in [2.24, 2.45) is 0 Å². The Hall–Kier alpha value is -3.09. The zero-order valence-electron chi connectivity index (χ0n) is 17.1. The van der Waals surface area contributed by atoms with E-state index in [9.17, 15) is 4.79 Å². The van der Waals surface area contributed by atoms with Gasteiger partial charge in [0.05, 0.1) is 5.39 Å². The molecule has 7 nitrogen and oxygen atoms in total. The van der Waals surface area contributed by atoms with Gasteiger partial charge in [0.2, 0.25) is 5.91 Å². The highest BCUT2D eigenvalue weighted by Gasteiger charge is 2.42. The Balaban J connectivity index is 1.31. The van der Waals surface area contributed by atoms with Crippen LogP contribution in [0.4, 0.5) is 11.5 Å². The van der Waals surface area contributed by atoms with E-state index in [0.29, 0.717) is 0 Å². The Morgan fingerprint density at radius 2 is 1.93 bits per heavy atom. The highest BCUT2D eigenvalue weighted by atomic mass is 16.2. The van der Waals surface area contributed by atoms with Crippen LogP contribution in [0.3, 0.4) is 0 Å². The molecule has 1 aromatic carbocycles. The highest BCUT2D eigenvalue weighted by Crippen LogP contribution is 2.34. The van der Waals surface area contributed by atoms with Crippen LogP contribution in [0.15, 0.2) is 48.9 Å². The number of aromatic amines is 1. The van der Waals surface area contributed by atoms with Crippen LogP contribution < -0.4 is 15.5 Å². The molecule has 0 unspecified atom stereocenters. The van der Waals surface area contributed by atoms with Crippen LogP contribution >= 0.6 is 0 Å². The molecule has 3 aromatic rings. The van der Waals surface area contributed by atoms with Crippen molar-refractivity contribution in [3.63, 3.8) is 0 Å². The lowest BCUT2D eigenvalue weighted by atomic mass is 9.94. The molecule has 0 bridgehead atoms. The molecule has 2 aromatic heterocycles. The number of aromatic nitrogens is 3. The maximum Gasteiger partial charge on any atom is 0.245 e. The Morgan fingerprint density at radius 1 is 1.10 bits per heavy atom. The molecule has 2 fully saturated rings. The second-order valence-corrected chi connectivity index (χ2v) is 8.48. The maximum absolute atomic E-state index is 13.4. The minimum Gasteiger partial charge on any atom is -0.371 e. The zero-order chi connectivity index (χ0) is 20.4. The molecule has 0 radical (unpaired) electrons. The Labute approximate surface area is 176 Å². The van der Waals surface area contributed by atoms with Gasteiger partial charge in [-0.05, 0) is 43.9 Å². The van der Waals surface area contributed by atoms with Crippen LogP contribution in [-0.4, -0.2) is 45.5 Å². The van der Waals surface area contributed by atoms with Crippen molar-refractivity contribution in [3.8, 4) is 0 Å². The summed E-state index contributed by atoms with van der Waals surface area (Å²) in [4.78, 5) is 27.7. The third kappa shape index (κ3) is 3.60. The maximum atomic E-state index is 13.4. The Kier molecular flexibility index (Phi) is 5.02. The Morgan fingerprint density at radius 3 is 2.77 bits per heavy atom. The van der Waals surface area contributed by atoms with Gasteiger partial charge in [0.25, 0.3) is 0 Å². The summed E-state index contributed by atoms with van der Waals surface area (Å²) in [5.41, 5.74) is 1.35. The van der Waals surface area contributed by atoms with Gasteiger partial charge in [-0.2, -0.15) is 0 Å². The molecule has 1 aliphatic heterocycles. The molecular formula is C23H28N6O. The van der Waals surface area contributed by atoms with Gasteiger partial charge in [-0.3, -0.25) is 4.79 Å². The summed E-state index contributed by atoms with van der Waals surface area (Å²) in [5, 5.41) is 7.96. The summed E-state index contributed by atoms with van der Waals surface area (Å²) in [7, 11) is 0. The fraction of sp³-hybridized carbons (Fsp3) is 0.435. The first kappa shape index (κ1) is 18.9. The number of para-hydroxylation sites is 1. The number of benzene rings is 1. The van der Waals surface area contributed by atoms with E-state index in [2.05, 4.69) is 30.5 Å². The lowest BCUT2D eigenvalue weighted by Crippen LogP contribution is -2.56. The molecule has 0 spiro atoms. The number of piperidine rings is 1.